The summed E-state index contributed by atoms with van der Waals surface area (Å²) in [6.07, 6.45) is 22.4. The van der Waals surface area contributed by atoms with Crippen molar-refractivity contribution in [1.82, 2.24) is 10.9 Å². The number of aliphatic imine (C=N–C) groups is 1. The Hall–Kier alpha value is -2.39. The lowest BCUT2D eigenvalue weighted by Crippen LogP contribution is -2.50. The van der Waals surface area contributed by atoms with Gasteiger partial charge in [-0.1, -0.05) is 89.0 Å². The Kier molecular flexibility index (Phi) is 7.14. The lowest BCUT2D eigenvalue weighted by atomic mass is 9.83. The van der Waals surface area contributed by atoms with Crippen LogP contribution in [0.5, 0.6) is 0 Å². The standard InChI is InChI=1S/C27H37N3/c1-7-23(27(4,5)6)15-13-19(2)25-18-28-30-26(29-25)24-16-14-22(17-20(24)3)21-11-9-8-10-12-21/h7,9,11-17,20,24-25,28H,1,8,10,18H2,2-6H3,(H,29,30)/b19-13+,23-15+/t20-,24?,25?/m0/s1. The number of allylic oxidation sites excluding steroid dienone is 11. The monoisotopic (exact) mass is 403 g/mol. The van der Waals surface area contributed by atoms with Crippen LogP contribution in [0.4, 0.5) is 0 Å². The number of amidine groups is 1. The summed E-state index contributed by atoms with van der Waals surface area (Å²) in [5.41, 5.74) is 11.9. The quantitative estimate of drug-likeness (QED) is 0.553. The Labute approximate surface area is 182 Å². The Bertz CT molecular complexity index is 868. The van der Waals surface area contributed by atoms with Crippen molar-refractivity contribution in [3.05, 3.63) is 83.6 Å². The molecule has 1 aliphatic heterocycles. The minimum atomic E-state index is 0.0919. The van der Waals surface area contributed by atoms with Gasteiger partial charge in [-0.05, 0) is 53.4 Å². The van der Waals surface area contributed by atoms with E-state index in [2.05, 4.69) is 101 Å². The number of hydrazine groups is 1. The van der Waals surface area contributed by atoms with Crippen molar-refractivity contribution in [3.8, 4) is 0 Å². The summed E-state index contributed by atoms with van der Waals surface area (Å²) in [5.74, 6) is 1.68. The topological polar surface area (TPSA) is 36.4 Å². The van der Waals surface area contributed by atoms with Gasteiger partial charge in [-0.25, -0.2) is 5.43 Å². The van der Waals surface area contributed by atoms with E-state index in [1.54, 1.807) is 0 Å². The second-order valence-corrected chi connectivity index (χ2v) is 9.53. The maximum absolute atomic E-state index is 5.07. The molecule has 3 atom stereocenters. The highest BCUT2D eigenvalue weighted by Gasteiger charge is 2.26. The van der Waals surface area contributed by atoms with E-state index in [1.165, 1.54) is 22.3 Å². The molecule has 160 valence electrons. The van der Waals surface area contributed by atoms with Gasteiger partial charge in [0, 0.05) is 12.5 Å². The maximum atomic E-state index is 5.07. The summed E-state index contributed by atoms with van der Waals surface area (Å²) in [4.78, 5) is 5.07. The van der Waals surface area contributed by atoms with Crippen molar-refractivity contribution in [2.24, 2.45) is 22.2 Å². The van der Waals surface area contributed by atoms with Crippen LogP contribution in [0.3, 0.4) is 0 Å². The first-order chi connectivity index (χ1) is 14.3. The molecule has 0 radical (unpaired) electrons. The van der Waals surface area contributed by atoms with Gasteiger partial charge in [-0.15, -0.1) is 0 Å². The van der Waals surface area contributed by atoms with Crippen molar-refractivity contribution in [2.75, 3.05) is 6.54 Å². The van der Waals surface area contributed by atoms with Crippen LogP contribution in [0.15, 0.2) is 88.5 Å². The largest absolute Gasteiger partial charge is 0.309 e. The molecular formula is C27H37N3. The third kappa shape index (κ3) is 5.40. The molecule has 0 aromatic carbocycles. The van der Waals surface area contributed by atoms with E-state index in [4.69, 9.17) is 4.99 Å². The van der Waals surface area contributed by atoms with Crippen LogP contribution < -0.4 is 10.9 Å². The van der Waals surface area contributed by atoms with Gasteiger partial charge < -0.3 is 5.43 Å². The smallest absolute Gasteiger partial charge is 0.119 e. The van der Waals surface area contributed by atoms with Crippen molar-refractivity contribution < 1.29 is 0 Å². The molecule has 3 aliphatic rings. The molecule has 3 heteroatoms. The van der Waals surface area contributed by atoms with Gasteiger partial charge in [0.2, 0.25) is 0 Å². The second-order valence-electron chi connectivity index (χ2n) is 9.53. The van der Waals surface area contributed by atoms with Crippen molar-refractivity contribution in [1.29, 1.82) is 0 Å². The predicted octanol–water partition coefficient (Wildman–Crippen LogP) is 5.99. The normalized spacial score (nSPS) is 27.8. The third-order valence-corrected chi connectivity index (χ3v) is 6.08. The minimum Gasteiger partial charge on any atom is -0.309 e. The maximum Gasteiger partial charge on any atom is 0.119 e. The summed E-state index contributed by atoms with van der Waals surface area (Å²) in [5, 5.41) is 0. The summed E-state index contributed by atoms with van der Waals surface area (Å²) < 4.78 is 0. The zero-order valence-corrected chi connectivity index (χ0v) is 19.2. The van der Waals surface area contributed by atoms with E-state index in [0.717, 1.165) is 25.2 Å². The second kappa shape index (κ2) is 9.61. The van der Waals surface area contributed by atoms with Gasteiger partial charge in [0.1, 0.15) is 5.84 Å². The van der Waals surface area contributed by atoms with Gasteiger partial charge in [-0.2, -0.15) is 0 Å². The molecule has 0 saturated carbocycles. The molecule has 0 aromatic heterocycles. The van der Waals surface area contributed by atoms with Crippen LogP contribution in [-0.4, -0.2) is 18.4 Å². The Morgan fingerprint density at radius 1 is 1.17 bits per heavy atom. The highest BCUT2D eigenvalue weighted by atomic mass is 15.4. The summed E-state index contributed by atoms with van der Waals surface area (Å²) in [6, 6.07) is 0.137. The number of nitrogens with one attached hydrogen (secondary N) is 2. The van der Waals surface area contributed by atoms with Gasteiger partial charge in [0.05, 0.1) is 6.04 Å². The van der Waals surface area contributed by atoms with E-state index < -0.39 is 0 Å². The summed E-state index contributed by atoms with van der Waals surface area (Å²) in [7, 11) is 0. The van der Waals surface area contributed by atoms with Crippen molar-refractivity contribution in [2.45, 2.75) is 53.5 Å². The molecule has 0 bridgehead atoms. The van der Waals surface area contributed by atoms with Crippen LogP contribution in [0.2, 0.25) is 0 Å². The summed E-state index contributed by atoms with van der Waals surface area (Å²) >= 11 is 0. The number of hydrogen-bond acceptors (Lipinski definition) is 3. The first-order valence-electron chi connectivity index (χ1n) is 11.1. The number of rotatable bonds is 5. The fourth-order valence-corrected chi connectivity index (χ4v) is 4.06. The van der Waals surface area contributed by atoms with Gasteiger partial charge in [0.25, 0.3) is 0 Å². The molecule has 0 amide bonds. The molecule has 0 fully saturated rings. The van der Waals surface area contributed by atoms with E-state index in [1.807, 2.05) is 6.08 Å². The first kappa shape index (κ1) is 22.3. The van der Waals surface area contributed by atoms with Crippen LogP contribution in [0.25, 0.3) is 0 Å². The fourth-order valence-electron chi connectivity index (χ4n) is 4.06. The summed E-state index contributed by atoms with van der Waals surface area (Å²) in [6.45, 7) is 15.8. The zero-order valence-electron chi connectivity index (χ0n) is 19.2. The molecular weight excluding hydrogens is 366 g/mol. The highest BCUT2D eigenvalue weighted by molar-refractivity contribution is 5.87. The van der Waals surface area contributed by atoms with E-state index in [9.17, 15) is 0 Å². The molecule has 0 spiro atoms. The van der Waals surface area contributed by atoms with E-state index in [-0.39, 0.29) is 17.4 Å². The molecule has 1 heterocycles. The molecule has 2 aliphatic carbocycles. The Morgan fingerprint density at radius 2 is 1.97 bits per heavy atom. The minimum absolute atomic E-state index is 0.0919. The van der Waals surface area contributed by atoms with E-state index >= 15 is 0 Å². The molecule has 2 N–H and O–H groups in total. The van der Waals surface area contributed by atoms with Crippen LogP contribution in [0, 0.1) is 17.3 Å². The predicted molar refractivity (Wildman–Crippen MR) is 130 cm³/mol. The average Bonchev–Trinajstić information content (AvgIpc) is 2.73. The third-order valence-electron chi connectivity index (χ3n) is 6.08. The lowest BCUT2D eigenvalue weighted by molar-refractivity contribution is 0.513. The number of hydrogen-bond donors (Lipinski definition) is 2. The zero-order chi connectivity index (χ0) is 21.7. The molecule has 2 unspecified atom stereocenters. The molecule has 0 aromatic rings. The molecule has 30 heavy (non-hydrogen) atoms. The Balaban J connectivity index is 1.75. The number of nitrogens with zero attached hydrogens (tertiary/aromatic N) is 1. The van der Waals surface area contributed by atoms with Gasteiger partial charge in [-0.3, -0.25) is 4.99 Å². The fraction of sp³-hybridized carbons (Fsp3) is 0.444. The first-order valence-corrected chi connectivity index (χ1v) is 11.1. The van der Waals surface area contributed by atoms with Crippen molar-refractivity contribution in [3.63, 3.8) is 0 Å². The van der Waals surface area contributed by atoms with Crippen LogP contribution in [-0.2, 0) is 0 Å². The Morgan fingerprint density at radius 3 is 2.60 bits per heavy atom. The van der Waals surface area contributed by atoms with Gasteiger partial charge in [0.15, 0.2) is 0 Å². The average molecular weight is 404 g/mol. The molecule has 0 saturated heterocycles. The van der Waals surface area contributed by atoms with Gasteiger partial charge >= 0.3 is 0 Å². The SMILES string of the molecule is C=C/C(=C\C=C(/C)C1CNNC(C2C=CC(C3=CCCC=C3)=C[C@@H]2C)=N1)C(C)(C)C. The molecule has 3 nitrogen and oxygen atoms in total. The van der Waals surface area contributed by atoms with Crippen molar-refractivity contribution >= 4 is 5.84 Å². The molecule has 3 rings (SSSR count). The van der Waals surface area contributed by atoms with Crippen LogP contribution >= 0.6 is 0 Å². The highest BCUT2D eigenvalue weighted by Crippen LogP contribution is 2.30. The van der Waals surface area contributed by atoms with Crippen LogP contribution in [0.1, 0.15) is 47.5 Å². The lowest BCUT2D eigenvalue weighted by Gasteiger charge is -2.31. The van der Waals surface area contributed by atoms with E-state index in [0.29, 0.717) is 5.92 Å².